The van der Waals surface area contributed by atoms with Crippen molar-refractivity contribution in [2.75, 3.05) is 25.2 Å². The summed E-state index contributed by atoms with van der Waals surface area (Å²) in [7, 11) is 0. The van der Waals surface area contributed by atoms with E-state index in [0.717, 1.165) is 18.7 Å². The molecule has 1 aromatic rings. The lowest BCUT2D eigenvalue weighted by molar-refractivity contribution is 0.317. The summed E-state index contributed by atoms with van der Waals surface area (Å²) in [5.74, 6) is 2.01. The Morgan fingerprint density at radius 1 is 1.33 bits per heavy atom. The molecule has 1 aromatic carbocycles. The Morgan fingerprint density at radius 2 is 2.17 bits per heavy atom. The van der Waals surface area contributed by atoms with Gasteiger partial charge in [-0.05, 0) is 56.0 Å². The molecule has 0 unspecified atom stereocenters. The lowest BCUT2D eigenvalue weighted by Crippen LogP contribution is -2.14. The Labute approximate surface area is 114 Å². The molecule has 0 heterocycles. The Bertz CT molecular complexity index is 345. The first kappa shape index (κ1) is 15.2. The van der Waals surface area contributed by atoms with Crippen LogP contribution < -0.4 is 10.1 Å². The highest BCUT2D eigenvalue weighted by atomic mass is 32.2. The maximum atomic E-state index is 9.59. The minimum atomic E-state index is 0.209. The highest BCUT2D eigenvalue weighted by Crippen LogP contribution is 2.26. The van der Waals surface area contributed by atoms with Crippen LogP contribution in [0.2, 0.25) is 0 Å². The number of unbranched alkanes of at least 4 members (excludes halogenated alkanes) is 1. The second-order valence-electron chi connectivity index (χ2n) is 4.11. The molecule has 18 heavy (non-hydrogen) atoms. The van der Waals surface area contributed by atoms with Gasteiger partial charge in [0.05, 0.1) is 6.61 Å². The predicted molar refractivity (Wildman–Crippen MR) is 78.6 cm³/mol. The number of hydrogen-bond donors (Lipinski definition) is 2. The molecular weight excluding hydrogens is 246 g/mol. The monoisotopic (exact) mass is 269 g/mol. The summed E-state index contributed by atoms with van der Waals surface area (Å²) in [5, 5.41) is 13.0. The van der Waals surface area contributed by atoms with E-state index in [1.54, 1.807) is 6.07 Å². The summed E-state index contributed by atoms with van der Waals surface area (Å²) in [6, 6.07) is 5.51. The number of aromatic hydroxyl groups is 1. The molecule has 0 aliphatic heterocycles. The summed E-state index contributed by atoms with van der Waals surface area (Å²) in [6.45, 7) is 4.33. The number of rotatable bonds is 9. The summed E-state index contributed by atoms with van der Waals surface area (Å²) >= 11 is 1.89. The maximum absolute atomic E-state index is 9.59. The van der Waals surface area contributed by atoms with Crippen LogP contribution in [0.4, 0.5) is 0 Å². The van der Waals surface area contributed by atoms with E-state index in [9.17, 15) is 5.11 Å². The molecule has 2 N–H and O–H groups in total. The standard InChI is InChI=1S/C14H23NO2S/c1-3-17-14-10-12(6-7-13(14)16)11-15-8-4-5-9-18-2/h6-7,10,15-16H,3-5,8-9,11H2,1-2H3. The second kappa shape index (κ2) is 9.11. The quantitative estimate of drug-likeness (QED) is 0.676. The topological polar surface area (TPSA) is 41.5 Å². The van der Waals surface area contributed by atoms with E-state index >= 15 is 0 Å². The highest BCUT2D eigenvalue weighted by molar-refractivity contribution is 7.98. The van der Waals surface area contributed by atoms with Crippen LogP contribution in [0.25, 0.3) is 0 Å². The van der Waals surface area contributed by atoms with E-state index in [1.807, 2.05) is 30.8 Å². The number of hydrogen-bond acceptors (Lipinski definition) is 4. The number of ether oxygens (including phenoxy) is 1. The van der Waals surface area contributed by atoms with Crippen LogP contribution >= 0.6 is 11.8 Å². The largest absolute Gasteiger partial charge is 0.504 e. The van der Waals surface area contributed by atoms with E-state index in [4.69, 9.17) is 4.74 Å². The molecule has 0 saturated carbocycles. The van der Waals surface area contributed by atoms with Gasteiger partial charge >= 0.3 is 0 Å². The number of nitrogens with one attached hydrogen (secondary N) is 1. The van der Waals surface area contributed by atoms with Crippen LogP contribution in [0, 0.1) is 0 Å². The Kier molecular flexibility index (Phi) is 7.69. The molecule has 0 radical (unpaired) electrons. The molecule has 0 aromatic heterocycles. The zero-order chi connectivity index (χ0) is 13.2. The van der Waals surface area contributed by atoms with Crippen LogP contribution in [0.5, 0.6) is 11.5 Å². The number of phenols is 1. The summed E-state index contributed by atoms with van der Waals surface area (Å²) < 4.78 is 5.36. The van der Waals surface area contributed by atoms with Gasteiger partial charge in [0.15, 0.2) is 11.5 Å². The first-order valence-electron chi connectivity index (χ1n) is 6.42. The molecule has 0 aliphatic rings. The van der Waals surface area contributed by atoms with Crippen molar-refractivity contribution in [3.63, 3.8) is 0 Å². The third kappa shape index (κ3) is 5.65. The van der Waals surface area contributed by atoms with Gasteiger partial charge in [-0.1, -0.05) is 6.07 Å². The van der Waals surface area contributed by atoms with Crippen molar-refractivity contribution in [3.05, 3.63) is 23.8 Å². The number of benzene rings is 1. The number of thioether (sulfide) groups is 1. The van der Waals surface area contributed by atoms with Gasteiger partial charge in [-0.2, -0.15) is 11.8 Å². The summed E-state index contributed by atoms with van der Waals surface area (Å²) in [4.78, 5) is 0. The molecule has 1 rings (SSSR count). The van der Waals surface area contributed by atoms with Crippen molar-refractivity contribution in [2.45, 2.75) is 26.3 Å². The van der Waals surface area contributed by atoms with Crippen molar-refractivity contribution < 1.29 is 9.84 Å². The normalized spacial score (nSPS) is 10.6. The van der Waals surface area contributed by atoms with E-state index < -0.39 is 0 Å². The fourth-order valence-corrected chi connectivity index (χ4v) is 2.16. The fourth-order valence-electron chi connectivity index (χ4n) is 1.67. The van der Waals surface area contributed by atoms with Crippen molar-refractivity contribution in [3.8, 4) is 11.5 Å². The van der Waals surface area contributed by atoms with Crippen LogP contribution in [0.15, 0.2) is 18.2 Å². The van der Waals surface area contributed by atoms with Gasteiger partial charge in [0.2, 0.25) is 0 Å². The zero-order valence-electron chi connectivity index (χ0n) is 11.2. The van der Waals surface area contributed by atoms with E-state index in [-0.39, 0.29) is 5.75 Å². The minimum absolute atomic E-state index is 0.209. The maximum Gasteiger partial charge on any atom is 0.161 e. The third-order valence-electron chi connectivity index (χ3n) is 2.61. The van der Waals surface area contributed by atoms with Crippen molar-refractivity contribution in [1.29, 1.82) is 0 Å². The van der Waals surface area contributed by atoms with Gasteiger partial charge in [0, 0.05) is 6.54 Å². The van der Waals surface area contributed by atoms with Crippen LogP contribution in [-0.4, -0.2) is 30.3 Å². The Morgan fingerprint density at radius 3 is 2.89 bits per heavy atom. The van der Waals surface area contributed by atoms with Gasteiger partial charge < -0.3 is 15.2 Å². The van der Waals surface area contributed by atoms with E-state index in [1.165, 1.54) is 18.6 Å². The second-order valence-corrected chi connectivity index (χ2v) is 5.10. The SMILES string of the molecule is CCOc1cc(CNCCCCSC)ccc1O. The van der Waals surface area contributed by atoms with Gasteiger partial charge in [-0.3, -0.25) is 0 Å². The molecule has 0 spiro atoms. The first-order valence-corrected chi connectivity index (χ1v) is 7.81. The number of phenolic OH excluding ortho intramolecular Hbond substituents is 1. The predicted octanol–water partition coefficient (Wildman–Crippen LogP) is 3.02. The molecule has 0 atom stereocenters. The molecule has 102 valence electrons. The van der Waals surface area contributed by atoms with E-state index in [2.05, 4.69) is 11.6 Å². The average Bonchev–Trinajstić information content (AvgIpc) is 2.37. The van der Waals surface area contributed by atoms with Crippen LogP contribution in [0.1, 0.15) is 25.3 Å². The van der Waals surface area contributed by atoms with Crippen molar-refractivity contribution >= 4 is 11.8 Å². The molecule has 0 saturated heterocycles. The third-order valence-corrected chi connectivity index (χ3v) is 3.30. The van der Waals surface area contributed by atoms with Crippen molar-refractivity contribution in [1.82, 2.24) is 5.32 Å². The summed E-state index contributed by atoms with van der Waals surface area (Å²) in [6.07, 6.45) is 4.60. The average molecular weight is 269 g/mol. The molecule has 0 amide bonds. The lowest BCUT2D eigenvalue weighted by Gasteiger charge is -2.09. The van der Waals surface area contributed by atoms with Gasteiger partial charge in [0.25, 0.3) is 0 Å². The van der Waals surface area contributed by atoms with Crippen molar-refractivity contribution in [2.24, 2.45) is 0 Å². The van der Waals surface area contributed by atoms with Gasteiger partial charge in [-0.15, -0.1) is 0 Å². The zero-order valence-corrected chi connectivity index (χ0v) is 12.1. The molecule has 4 heteroatoms. The van der Waals surface area contributed by atoms with Gasteiger partial charge in [0.1, 0.15) is 0 Å². The molecule has 3 nitrogen and oxygen atoms in total. The van der Waals surface area contributed by atoms with E-state index in [0.29, 0.717) is 12.4 Å². The lowest BCUT2D eigenvalue weighted by atomic mass is 10.2. The first-order chi connectivity index (χ1) is 8.77. The van der Waals surface area contributed by atoms with Crippen LogP contribution in [-0.2, 0) is 6.54 Å². The molecular formula is C14H23NO2S. The molecule has 0 fully saturated rings. The fraction of sp³-hybridized carbons (Fsp3) is 0.571. The Balaban J connectivity index is 2.31. The van der Waals surface area contributed by atoms with Gasteiger partial charge in [-0.25, -0.2) is 0 Å². The minimum Gasteiger partial charge on any atom is -0.504 e. The highest BCUT2D eigenvalue weighted by Gasteiger charge is 2.03. The molecule has 0 aliphatic carbocycles. The smallest absolute Gasteiger partial charge is 0.161 e. The Hall–Kier alpha value is -0.870. The summed E-state index contributed by atoms with van der Waals surface area (Å²) in [5.41, 5.74) is 1.14. The molecule has 0 bridgehead atoms. The van der Waals surface area contributed by atoms with Crippen LogP contribution in [0.3, 0.4) is 0 Å².